The SMILES string of the molecule is CN(C(C)(C)CCl)S(=O)(=O)c1ccc(Cl)cc1. The topological polar surface area (TPSA) is 37.4 Å². The summed E-state index contributed by atoms with van der Waals surface area (Å²) < 4.78 is 25.8. The molecule has 0 amide bonds. The quantitative estimate of drug-likeness (QED) is 0.801. The lowest BCUT2D eigenvalue weighted by molar-refractivity contribution is 0.296. The molecule has 0 fully saturated rings. The minimum absolute atomic E-state index is 0.211. The van der Waals surface area contributed by atoms with Gasteiger partial charge in [0.1, 0.15) is 0 Å². The molecule has 1 aromatic carbocycles. The first-order valence-electron chi connectivity index (χ1n) is 5.02. The third-order valence-electron chi connectivity index (χ3n) is 2.65. The Morgan fingerprint density at radius 2 is 1.71 bits per heavy atom. The standard InChI is InChI=1S/C11H15Cl2NO2S/c1-11(2,8-12)14(3)17(15,16)10-6-4-9(13)5-7-10/h4-7H,8H2,1-3H3. The van der Waals surface area contributed by atoms with Crippen molar-refractivity contribution in [3.05, 3.63) is 29.3 Å². The van der Waals surface area contributed by atoms with E-state index in [1.165, 1.54) is 23.5 Å². The van der Waals surface area contributed by atoms with Gasteiger partial charge in [-0.05, 0) is 38.1 Å². The first-order chi connectivity index (χ1) is 7.71. The summed E-state index contributed by atoms with van der Waals surface area (Å²) in [7, 11) is -2.02. The number of hydrogen-bond donors (Lipinski definition) is 0. The fourth-order valence-electron chi connectivity index (χ4n) is 1.17. The van der Waals surface area contributed by atoms with Crippen LogP contribution in [0.3, 0.4) is 0 Å². The highest BCUT2D eigenvalue weighted by Gasteiger charge is 2.33. The van der Waals surface area contributed by atoms with E-state index in [1.54, 1.807) is 26.0 Å². The molecule has 0 aliphatic rings. The molecule has 0 aliphatic carbocycles. The fourth-order valence-corrected chi connectivity index (χ4v) is 3.06. The van der Waals surface area contributed by atoms with Gasteiger partial charge in [0.25, 0.3) is 0 Å². The van der Waals surface area contributed by atoms with E-state index in [0.29, 0.717) is 5.02 Å². The minimum Gasteiger partial charge on any atom is -0.207 e. The van der Waals surface area contributed by atoms with Crippen LogP contribution in [-0.2, 0) is 10.0 Å². The van der Waals surface area contributed by atoms with E-state index in [0.717, 1.165) is 0 Å². The summed E-state index contributed by atoms with van der Waals surface area (Å²) >= 11 is 11.5. The Morgan fingerprint density at radius 3 is 2.12 bits per heavy atom. The second-order valence-electron chi connectivity index (χ2n) is 4.37. The van der Waals surface area contributed by atoms with Crippen LogP contribution in [0.15, 0.2) is 29.2 Å². The Labute approximate surface area is 112 Å². The number of benzene rings is 1. The molecule has 0 spiro atoms. The van der Waals surface area contributed by atoms with Crippen molar-refractivity contribution in [2.75, 3.05) is 12.9 Å². The van der Waals surface area contributed by atoms with Gasteiger partial charge in [0.05, 0.1) is 4.90 Å². The van der Waals surface area contributed by atoms with Gasteiger partial charge < -0.3 is 0 Å². The number of alkyl halides is 1. The van der Waals surface area contributed by atoms with Crippen LogP contribution in [0.25, 0.3) is 0 Å². The highest BCUT2D eigenvalue weighted by atomic mass is 35.5. The first kappa shape index (κ1) is 14.8. The van der Waals surface area contributed by atoms with Crippen LogP contribution in [0.4, 0.5) is 0 Å². The van der Waals surface area contributed by atoms with Gasteiger partial charge in [0.15, 0.2) is 0 Å². The summed E-state index contributed by atoms with van der Waals surface area (Å²) in [5.41, 5.74) is -0.639. The van der Waals surface area contributed by atoms with E-state index in [1.807, 2.05) is 0 Å². The zero-order valence-corrected chi connectivity index (χ0v) is 12.3. The van der Waals surface area contributed by atoms with Gasteiger partial charge in [-0.2, -0.15) is 4.31 Å². The van der Waals surface area contributed by atoms with E-state index in [9.17, 15) is 8.42 Å². The van der Waals surface area contributed by atoms with Gasteiger partial charge in [-0.25, -0.2) is 8.42 Å². The van der Waals surface area contributed by atoms with E-state index in [2.05, 4.69) is 0 Å². The van der Waals surface area contributed by atoms with Crippen molar-refractivity contribution in [1.29, 1.82) is 0 Å². The normalized spacial score (nSPS) is 13.1. The maximum Gasteiger partial charge on any atom is 0.243 e. The molecule has 0 atom stereocenters. The summed E-state index contributed by atoms with van der Waals surface area (Å²) in [6.45, 7) is 3.54. The van der Waals surface area contributed by atoms with Crippen LogP contribution in [0.2, 0.25) is 5.02 Å². The molecule has 6 heteroatoms. The molecule has 17 heavy (non-hydrogen) atoms. The van der Waals surface area contributed by atoms with Gasteiger partial charge in [-0.3, -0.25) is 0 Å². The number of nitrogens with zero attached hydrogens (tertiary/aromatic N) is 1. The maximum atomic E-state index is 12.3. The predicted molar refractivity (Wildman–Crippen MR) is 71.2 cm³/mol. The maximum absolute atomic E-state index is 12.3. The molecule has 0 aromatic heterocycles. The highest BCUT2D eigenvalue weighted by Crippen LogP contribution is 2.24. The average molecular weight is 296 g/mol. The first-order valence-corrected chi connectivity index (χ1v) is 7.37. The molecule has 1 rings (SSSR count). The number of sulfonamides is 1. The van der Waals surface area contributed by atoms with Crippen molar-refractivity contribution in [3.8, 4) is 0 Å². The molecule has 3 nitrogen and oxygen atoms in total. The lowest BCUT2D eigenvalue weighted by Gasteiger charge is -2.32. The van der Waals surface area contributed by atoms with Crippen LogP contribution in [0, 0.1) is 0 Å². The van der Waals surface area contributed by atoms with Gasteiger partial charge in [0, 0.05) is 23.5 Å². The molecule has 0 saturated heterocycles. The largest absolute Gasteiger partial charge is 0.243 e. The third kappa shape index (κ3) is 3.13. The molecule has 0 unspecified atom stereocenters. The zero-order chi connectivity index (χ0) is 13.3. The van der Waals surface area contributed by atoms with Gasteiger partial charge in [-0.1, -0.05) is 11.6 Å². The van der Waals surface area contributed by atoms with Crippen LogP contribution in [-0.4, -0.2) is 31.2 Å². The summed E-state index contributed by atoms with van der Waals surface area (Å²) in [6.07, 6.45) is 0. The van der Waals surface area contributed by atoms with Crippen LogP contribution < -0.4 is 0 Å². The Bertz CT molecular complexity index is 483. The summed E-state index contributed by atoms with van der Waals surface area (Å²) in [5.74, 6) is 0.219. The molecular formula is C11H15Cl2NO2S. The summed E-state index contributed by atoms with van der Waals surface area (Å²) in [6, 6.07) is 6.07. The number of rotatable bonds is 4. The average Bonchev–Trinajstić information content (AvgIpc) is 2.28. The van der Waals surface area contributed by atoms with Crippen LogP contribution >= 0.6 is 23.2 Å². The fraction of sp³-hybridized carbons (Fsp3) is 0.455. The minimum atomic E-state index is -3.54. The molecule has 0 heterocycles. The molecule has 1 aromatic rings. The van der Waals surface area contributed by atoms with E-state index in [4.69, 9.17) is 23.2 Å². The monoisotopic (exact) mass is 295 g/mol. The van der Waals surface area contributed by atoms with Gasteiger partial charge >= 0.3 is 0 Å². The Morgan fingerprint density at radius 1 is 1.24 bits per heavy atom. The Balaban J connectivity index is 3.16. The Kier molecular flexibility index (Phi) is 4.47. The van der Waals surface area contributed by atoms with Gasteiger partial charge in [-0.15, -0.1) is 11.6 Å². The second-order valence-corrected chi connectivity index (χ2v) is 7.05. The molecule has 96 valence electrons. The predicted octanol–water partition coefficient (Wildman–Crippen LogP) is 2.98. The molecule has 0 saturated carbocycles. The van der Waals surface area contributed by atoms with Crippen molar-refractivity contribution in [3.63, 3.8) is 0 Å². The molecule has 0 radical (unpaired) electrons. The van der Waals surface area contributed by atoms with Crippen LogP contribution in [0.1, 0.15) is 13.8 Å². The molecule has 0 bridgehead atoms. The molecule has 0 aliphatic heterocycles. The lowest BCUT2D eigenvalue weighted by Crippen LogP contribution is -2.46. The summed E-state index contributed by atoms with van der Waals surface area (Å²) in [5, 5.41) is 0.503. The summed E-state index contributed by atoms with van der Waals surface area (Å²) in [4.78, 5) is 0.211. The molecule has 0 N–H and O–H groups in total. The highest BCUT2D eigenvalue weighted by molar-refractivity contribution is 7.89. The van der Waals surface area contributed by atoms with Crippen molar-refractivity contribution in [1.82, 2.24) is 4.31 Å². The third-order valence-corrected chi connectivity index (χ3v) is 5.64. The molecular weight excluding hydrogens is 281 g/mol. The van der Waals surface area contributed by atoms with E-state index < -0.39 is 15.6 Å². The van der Waals surface area contributed by atoms with Gasteiger partial charge in [0.2, 0.25) is 10.0 Å². The van der Waals surface area contributed by atoms with Crippen molar-refractivity contribution >= 4 is 33.2 Å². The van der Waals surface area contributed by atoms with Crippen molar-refractivity contribution < 1.29 is 8.42 Å². The zero-order valence-electron chi connectivity index (χ0n) is 9.94. The van der Waals surface area contributed by atoms with E-state index in [-0.39, 0.29) is 10.8 Å². The van der Waals surface area contributed by atoms with E-state index >= 15 is 0 Å². The Hall–Kier alpha value is -0.290. The van der Waals surface area contributed by atoms with Crippen LogP contribution in [0.5, 0.6) is 0 Å². The lowest BCUT2D eigenvalue weighted by atomic mass is 10.1. The number of hydrogen-bond acceptors (Lipinski definition) is 2. The van der Waals surface area contributed by atoms with Crippen molar-refractivity contribution in [2.24, 2.45) is 0 Å². The number of halogens is 2. The smallest absolute Gasteiger partial charge is 0.207 e. The second kappa shape index (κ2) is 5.14. The van der Waals surface area contributed by atoms with Crippen molar-refractivity contribution in [2.45, 2.75) is 24.3 Å².